The van der Waals surface area contributed by atoms with Gasteiger partial charge in [0.15, 0.2) is 6.61 Å². The van der Waals surface area contributed by atoms with Crippen LogP contribution in [0, 0.1) is 0 Å². The minimum absolute atomic E-state index is 0.0296. The van der Waals surface area contributed by atoms with E-state index in [1.807, 2.05) is 24.3 Å². The highest BCUT2D eigenvalue weighted by Crippen LogP contribution is 2.12. The third kappa shape index (κ3) is 5.36. The molecule has 1 rings (SSSR count). The molecule has 0 fully saturated rings. The van der Waals surface area contributed by atoms with Gasteiger partial charge in [0.2, 0.25) is 0 Å². The van der Waals surface area contributed by atoms with Gasteiger partial charge in [0.25, 0.3) is 5.91 Å². The zero-order valence-corrected chi connectivity index (χ0v) is 10.3. The van der Waals surface area contributed by atoms with E-state index in [0.717, 1.165) is 6.42 Å². The van der Waals surface area contributed by atoms with Gasteiger partial charge in [0, 0.05) is 6.54 Å². The topological polar surface area (TPSA) is 58.6 Å². The van der Waals surface area contributed by atoms with Gasteiger partial charge >= 0.3 is 0 Å². The molecule has 0 aliphatic carbocycles. The smallest absolute Gasteiger partial charge is 0.258 e. The van der Waals surface area contributed by atoms with Gasteiger partial charge in [0.1, 0.15) is 5.75 Å². The summed E-state index contributed by atoms with van der Waals surface area (Å²) in [4.78, 5) is 11.3. The zero-order chi connectivity index (χ0) is 12.7. The monoisotopic (exact) mass is 237 g/mol. The molecule has 0 bridgehead atoms. The Bertz CT molecular complexity index is 346. The lowest BCUT2D eigenvalue weighted by Gasteiger charge is -2.09. The summed E-state index contributed by atoms with van der Waals surface area (Å²) < 4.78 is 5.31. The average molecular weight is 237 g/mol. The Labute approximate surface area is 102 Å². The van der Waals surface area contributed by atoms with Gasteiger partial charge in [-0.3, -0.25) is 4.79 Å². The number of carbonyl (C=O) groups excluding carboxylic acids is 1. The molecule has 0 aliphatic rings. The van der Waals surface area contributed by atoms with Crippen molar-refractivity contribution in [2.24, 2.45) is 0 Å². The number of rotatable bonds is 6. The number of hydrogen-bond donors (Lipinski definition) is 2. The molecule has 0 saturated carbocycles. The second kappa shape index (κ2) is 6.91. The summed E-state index contributed by atoms with van der Waals surface area (Å²) in [6.45, 7) is 3.92. The van der Waals surface area contributed by atoms with Gasteiger partial charge in [-0.05, 0) is 31.0 Å². The molecule has 0 saturated heterocycles. The van der Waals surface area contributed by atoms with E-state index < -0.39 is 6.10 Å². The highest BCUT2D eigenvalue weighted by molar-refractivity contribution is 5.77. The highest BCUT2D eigenvalue weighted by atomic mass is 16.5. The van der Waals surface area contributed by atoms with Gasteiger partial charge in [0.05, 0.1) is 6.10 Å². The second-order valence-corrected chi connectivity index (χ2v) is 3.94. The average Bonchev–Trinajstić information content (AvgIpc) is 2.34. The van der Waals surface area contributed by atoms with Crippen molar-refractivity contribution < 1.29 is 14.6 Å². The third-order valence-electron chi connectivity index (χ3n) is 2.30. The number of benzene rings is 1. The molecule has 1 amide bonds. The third-order valence-corrected chi connectivity index (χ3v) is 2.30. The predicted octanol–water partition coefficient (Wildman–Crippen LogP) is 1.12. The van der Waals surface area contributed by atoms with Crippen LogP contribution in [0.15, 0.2) is 24.3 Å². The lowest BCUT2D eigenvalue weighted by molar-refractivity contribution is -0.123. The van der Waals surface area contributed by atoms with Crippen LogP contribution >= 0.6 is 0 Å². The Balaban J connectivity index is 2.31. The summed E-state index contributed by atoms with van der Waals surface area (Å²) in [5.74, 6) is 0.444. The van der Waals surface area contributed by atoms with Crippen molar-refractivity contribution in [2.45, 2.75) is 26.4 Å². The maximum Gasteiger partial charge on any atom is 0.258 e. The van der Waals surface area contributed by atoms with Crippen molar-refractivity contribution in [1.82, 2.24) is 5.32 Å². The second-order valence-electron chi connectivity index (χ2n) is 3.94. The minimum atomic E-state index is -0.539. The first-order valence-electron chi connectivity index (χ1n) is 5.78. The molecule has 1 aromatic rings. The van der Waals surface area contributed by atoms with Crippen LogP contribution in [0.4, 0.5) is 0 Å². The molecule has 4 heteroatoms. The van der Waals surface area contributed by atoms with Gasteiger partial charge in [-0.1, -0.05) is 19.1 Å². The van der Waals surface area contributed by atoms with E-state index in [1.165, 1.54) is 5.56 Å². The van der Waals surface area contributed by atoms with Gasteiger partial charge in [-0.25, -0.2) is 0 Å². The Hall–Kier alpha value is -1.55. The van der Waals surface area contributed by atoms with Crippen molar-refractivity contribution in [2.75, 3.05) is 13.2 Å². The summed E-state index contributed by atoms with van der Waals surface area (Å²) in [6, 6.07) is 7.65. The van der Waals surface area contributed by atoms with Gasteiger partial charge in [-0.15, -0.1) is 0 Å². The minimum Gasteiger partial charge on any atom is -0.484 e. The van der Waals surface area contributed by atoms with Gasteiger partial charge in [-0.2, -0.15) is 0 Å². The number of nitrogens with one attached hydrogen (secondary N) is 1. The fourth-order valence-corrected chi connectivity index (χ4v) is 1.28. The van der Waals surface area contributed by atoms with Crippen molar-refractivity contribution in [3.63, 3.8) is 0 Å². The maximum absolute atomic E-state index is 11.3. The van der Waals surface area contributed by atoms with Crippen molar-refractivity contribution in [1.29, 1.82) is 0 Å². The molecule has 4 nitrogen and oxygen atoms in total. The summed E-state index contributed by atoms with van der Waals surface area (Å²) >= 11 is 0. The predicted molar refractivity (Wildman–Crippen MR) is 66.0 cm³/mol. The molecule has 1 unspecified atom stereocenters. The number of aliphatic hydroxyl groups is 1. The molecule has 0 aliphatic heterocycles. The van der Waals surface area contributed by atoms with E-state index in [9.17, 15) is 4.79 Å². The first-order valence-corrected chi connectivity index (χ1v) is 5.78. The van der Waals surface area contributed by atoms with Crippen LogP contribution in [0.2, 0.25) is 0 Å². The first-order chi connectivity index (χ1) is 8.11. The quantitative estimate of drug-likeness (QED) is 0.779. The summed E-state index contributed by atoms with van der Waals surface area (Å²) in [5, 5.41) is 11.5. The van der Waals surface area contributed by atoms with Crippen molar-refractivity contribution >= 4 is 5.91 Å². The molecule has 1 aromatic carbocycles. The first kappa shape index (κ1) is 13.5. The molecule has 0 spiro atoms. The molecule has 0 heterocycles. The highest BCUT2D eigenvalue weighted by Gasteiger charge is 2.03. The van der Waals surface area contributed by atoms with E-state index in [-0.39, 0.29) is 19.1 Å². The van der Waals surface area contributed by atoms with E-state index in [0.29, 0.717) is 5.75 Å². The summed E-state index contributed by atoms with van der Waals surface area (Å²) in [6.07, 6.45) is 0.442. The zero-order valence-electron chi connectivity index (χ0n) is 10.3. The SMILES string of the molecule is CCc1ccc(OCC(=O)NCC(C)O)cc1. The molecule has 0 aromatic heterocycles. The van der Waals surface area contributed by atoms with Crippen LogP contribution in [-0.4, -0.2) is 30.3 Å². The largest absolute Gasteiger partial charge is 0.484 e. The fourth-order valence-electron chi connectivity index (χ4n) is 1.28. The van der Waals surface area contributed by atoms with Crippen LogP contribution in [0.1, 0.15) is 19.4 Å². The van der Waals surface area contributed by atoms with E-state index in [4.69, 9.17) is 9.84 Å². The molecular formula is C13H19NO3. The number of aryl methyl sites for hydroxylation is 1. The molecule has 0 radical (unpaired) electrons. The standard InChI is InChI=1S/C13H19NO3/c1-3-11-4-6-12(7-5-11)17-9-13(16)14-8-10(2)15/h4-7,10,15H,3,8-9H2,1-2H3,(H,14,16). The van der Waals surface area contributed by atoms with Crippen LogP contribution in [0.25, 0.3) is 0 Å². The number of hydrogen-bond acceptors (Lipinski definition) is 3. The van der Waals surface area contributed by atoms with E-state index >= 15 is 0 Å². The summed E-state index contributed by atoms with van der Waals surface area (Å²) in [5.41, 5.74) is 1.23. The Morgan fingerprint density at radius 3 is 2.59 bits per heavy atom. The van der Waals surface area contributed by atoms with Crippen molar-refractivity contribution in [3.8, 4) is 5.75 Å². The Morgan fingerprint density at radius 2 is 2.06 bits per heavy atom. The van der Waals surface area contributed by atoms with Crippen LogP contribution in [0.3, 0.4) is 0 Å². The normalized spacial score (nSPS) is 11.9. The van der Waals surface area contributed by atoms with Gasteiger partial charge < -0.3 is 15.2 Å². The van der Waals surface area contributed by atoms with Crippen LogP contribution in [-0.2, 0) is 11.2 Å². The Morgan fingerprint density at radius 1 is 1.41 bits per heavy atom. The lowest BCUT2D eigenvalue weighted by atomic mass is 10.2. The molecule has 94 valence electrons. The lowest BCUT2D eigenvalue weighted by Crippen LogP contribution is -2.34. The number of aliphatic hydroxyl groups excluding tert-OH is 1. The number of amides is 1. The maximum atomic E-state index is 11.3. The Kier molecular flexibility index (Phi) is 5.49. The van der Waals surface area contributed by atoms with E-state index in [2.05, 4.69) is 12.2 Å². The summed E-state index contributed by atoms with van der Waals surface area (Å²) in [7, 11) is 0. The fraction of sp³-hybridized carbons (Fsp3) is 0.462. The molecule has 17 heavy (non-hydrogen) atoms. The van der Waals surface area contributed by atoms with Crippen molar-refractivity contribution in [3.05, 3.63) is 29.8 Å². The molecule has 2 N–H and O–H groups in total. The molecule has 1 atom stereocenters. The van der Waals surface area contributed by atoms with Crippen LogP contribution < -0.4 is 10.1 Å². The van der Waals surface area contributed by atoms with E-state index in [1.54, 1.807) is 6.92 Å². The molecular weight excluding hydrogens is 218 g/mol. The van der Waals surface area contributed by atoms with Crippen LogP contribution in [0.5, 0.6) is 5.75 Å². The number of carbonyl (C=O) groups is 1. The number of ether oxygens (including phenoxy) is 1.